The lowest BCUT2D eigenvalue weighted by Crippen LogP contribution is -2.38. The molecule has 1 aliphatic rings. The minimum Gasteiger partial charge on any atom is -0.466 e. The second-order valence-electron chi connectivity index (χ2n) is 6.06. The topological polar surface area (TPSA) is 89.8 Å². The number of rotatable bonds is 8. The van der Waals surface area contributed by atoms with E-state index in [9.17, 15) is 19.7 Å². The highest BCUT2D eigenvalue weighted by Gasteiger charge is 2.33. The molecule has 0 N–H and O–H groups in total. The predicted octanol–water partition coefficient (Wildman–Crippen LogP) is 2.80. The highest BCUT2D eigenvalue weighted by Crippen LogP contribution is 2.28. The van der Waals surface area contributed by atoms with Crippen LogP contribution in [0, 0.1) is 16.0 Å². The number of ether oxygens (including phenoxy) is 1. The summed E-state index contributed by atoms with van der Waals surface area (Å²) in [7, 11) is 0. The summed E-state index contributed by atoms with van der Waals surface area (Å²) in [4.78, 5) is 36.1. The Kier molecular flexibility index (Phi) is 6.27. The Morgan fingerprint density at radius 2 is 2.00 bits per heavy atom. The number of benzene rings is 1. The highest BCUT2D eigenvalue weighted by molar-refractivity contribution is 5.92. The largest absolute Gasteiger partial charge is 0.466 e. The first-order valence-electron chi connectivity index (χ1n) is 8.32. The highest BCUT2D eigenvalue weighted by atomic mass is 16.6. The Balaban J connectivity index is 2.00. The first-order valence-corrected chi connectivity index (χ1v) is 8.32. The summed E-state index contributed by atoms with van der Waals surface area (Å²) < 4.78 is 4.99. The fraction of sp³-hybridized carbons (Fsp3) is 0.444. The summed E-state index contributed by atoms with van der Waals surface area (Å²) in [6, 6.07) is 6.14. The molecule has 1 aromatic rings. The van der Waals surface area contributed by atoms with E-state index in [1.807, 2.05) is 0 Å². The molecular weight excluding hydrogens is 324 g/mol. The smallest absolute Gasteiger partial charge is 0.310 e. The lowest BCUT2D eigenvalue weighted by molar-refractivity contribution is -0.384. The van der Waals surface area contributed by atoms with Crippen molar-refractivity contribution in [1.82, 2.24) is 4.90 Å². The second kappa shape index (κ2) is 8.41. The Morgan fingerprint density at radius 1 is 1.36 bits per heavy atom. The molecule has 0 aromatic heterocycles. The molecule has 0 heterocycles. The number of carbonyl (C=O) groups excluding carboxylic acids is 2. The molecule has 0 saturated heterocycles. The van der Waals surface area contributed by atoms with E-state index >= 15 is 0 Å². The summed E-state index contributed by atoms with van der Waals surface area (Å²) in [5.74, 6) is -0.852. The molecule has 7 heteroatoms. The number of nitro benzene ring substituents is 1. The molecule has 1 amide bonds. The van der Waals surface area contributed by atoms with Crippen molar-refractivity contribution in [3.63, 3.8) is 0 Å². The van der Waals surface area contributed by atoms with Crippen molar-refractivity contribution in [1.29, 1.82) is 0 Å². The van der Waals surface area contributed by atoms with Crippen LogP contribution in [0.25, 0.3) is 6.08 Å². The van der Waals surface area contributed by atoms with Crippen molar-refractivity contribution in [2.75, 3.05) is 13.2 Å². The van der Waals surface area contributed by atoms with Crippen LogP contribution in [0.4, 0.5) is 5.69 Å². The first-order chi connectivity index (χ1) is 11.9. The zero-order valence-electron chi connectivity index (χ0n) is 14.4. The van der Waals surface area contributed by atoms with Crippen molar-refractivity contribution >= 4 is 23.6 Å². The molecule has 2 rings (SSSR count). The predicted molar refractivity (Wildman–Crippen MR) is 92.7 cm³/mol. The number of hydrogen-bond donors (Lipinski definition) is 0. The monoisotopic (exact) mass is 346 g/mol. The fourth-order valence-corrected chi connectivity index (χ4v) is 2.43. The van der Waals surface area contributed by atoms with Crippen LogP contribution in [0.1, 0.15) is 32.3 Å². The van der Waals surface area contributed by atoms with Crippen molar-refractivity contribution < 1.29 is 19.2 Å². The molecule has 1 atom stereocenters. The molecule has 0 radical (unpaired) electrons. The lowest BCUT2D eigenvalue weighted by atomic mass is 10.1. The van der Waals surface area contributed by atoms with Gasteiger partial charge < -0.3 is 9.64 Å². The van der Waals surface area contributed by atoms with Crippen LogP contribution >= 0.6 is 0 Å². The van der Waals surface area contributed by atoms with E-state index in [2.05, 4.69) is 0 Å². The summed E-state index contributed by atoms with van der Waals surface area (Å²) in [6.45, 7) is 4.15. The van der Waals surface area contributed by atoms with Crippen molar-refractivity contribution in [3.8, 4) is 0 Å². The van der Waals surface area contributed by atoms with Gasteiger partial charge in [0.2, 0.25) is 5.91 Å². The van der Waals surface area contributed by atoms with Crippen molar-refractivity contribution in [3.05, 3.63) is 46.0 Å². The van der Waals surface area contributed by atoms with Crippen LogP contribution in [0.5, 0.6) is 0 Å². The molecule has 1 saturated carbocycles. The van der Waals surface area contributed by atoms with Crippen LogP contribution in [0.2, 0.25) is 0 Å². The van der Waals surface area contributed by atoms with Gasteiger partial charge in [-0.25, -0.2) is 0 Å². The molecule has 1 aliphatic carbocycles. The number of non-ortho nitro benzene ring substituents is 1. The van der Waals surface area contributed by atoms with Crippen LogP contribution in [0.15, 0.2) is 30.3 Å². The van der Waals surface area contributed by atoms with Gasteiger partial charge in [-0.3, -0.25) is 19.7 Å². The van der Waals surface area contributed by atoms with E-state index in [-0.39, 0.29) is 29.5 Å². The molecule has 0 bridgehead atoms. The maximum Gasteiger partial charge on any atom is 0.310 e. The summed E-state index contributed by atoms with van der Waals surface area (Å²) in [5, 5.41) is 10.6. The Morgan fingerprint density at radius 3 is 2.52 bits per heavy atom. The molecular formula is C18H22N2O5. The van der Waals surface area contributed by atoms with E-state index in [0.29, 0.717) is 18.7 Å². The van der Waals surface area contributed by atoms with Gasteiger partial charge in [-0.2, -0.15) is 0 Å². The van der Waals surface area contributed by atoms with Gasteiger partial charge in [-0.05, 0) is 43.5 Å². The van der Waals surface area contributed by atoms with Gasteiger partial charge in [0.15, 0.2) is 0 Å². The van der Waals surface area contributed by atoms with Crippen LogP contribution in [-0.4, -0.2) is 40.9 Å². The third kappa shape index (κ3) is 5.41. The zero-order chi connectivity index (χ0) is 18.4. The minimum atomic E-state index is -0.468. The molecule has 7 nitrogen and oxygen atoms in total. The molecule has 1 aromatic carbocycles. The molecule has 1 unspecified atom stereocenters. The van der Waals surface area contributed by atoms with Crippen molar-refractivity contribution in [2.45, 2.75) is 32.7 Å². The summed E-state index contributed by atoms with van der Waals surface area (Å²) >= 11 is 0. The van der Waals surface area contributed by atoms with Gasteiger partial charge in [-0.1, -0.05) is 6.92 Å². The first kappa shape index (κ1) is 18.6. The summed E-state index contributed by atoms with van der Waals surface area (Å²) in [6.07, 6.45) is 4.94. The van der Waals surface area contributed by atoms with Crippen LogP contribution in [0.3, 0.4) is 0 Å². The number of amides is 1. The third-order valence-corrected chi connectivity index (χ3v) is 3.95. The Labute approximate surface area is 146 Å². The third-order valence-electron chi connectivity index (χ3n) is 3.95. The van der Waals surface area contributed by atoms with Gasteiger partial charge in [0.1, 0.15) is 0 Å². The van der Waals surface area contributed by atoms with Gasteiger partial charge in [0.25, 0.3) is 5.69 Å². The minimum absolute atomic E-state index is 0.00587. The average molecular weight is 346 g/mol. The maximum absolute atomic E-state index is 12.5. The van der Waals surface area contributed by atoms with Gasteiger partial charge in [-0.15, -0.1) is 0 Å². The number of hydrogen-bond acceptors (Lipinski definition) is 5. The lowest BCUT2D eigenvalue weighted by Gasteiger charge is -2.23. The van der Waals surface area contributed by atoms with E-state index < -0.39 is 4.92 Å². The number of esters is 1. The fourth-order valence-electron chi connectivity index (χ4n) is 2.43. The molecule has 0 spiro atoms. The molecule has 1 fully saturated rings. The SMILES string of the molecule is CCOC(=O)C(C)CN(C(=O)/C=C/c1ccc([N+](=O)[O-])cc1)C1CC1. The molecule has 25 heavy (non-hydrogen) atoms. The average Bonchev–Trinajstić information content (AvgIpc) is 3.42. The van der Waals surface area contributed by atoms with Gasteiger partial charge in [0, 0.05) is 30.8 Å². The second-order valence-corrected chi connectivity index (χ2v) is 6.06. The van der Waals surface area contributed by atoms with Crippen LogP contribution in [-0.2, 0) is 14.3 Å². The van der Waals surface area contributed by atoms with Gasteiger partial charge >= 0.3 is 5.97 Å². The summed E-state index contributed by atoms with van der Waals surface area (Å²) in [5.41, 5.74) is 0.708. The van der Waals surface area contributed by atoms with E-state index in [1.54, 1.807) is 37.0 Å². The molecule has 0 aliphatic heterocycles. The number of nitro groups is 1. The quantitative estimate of drug-likeness (QED) is 0.312. The van der Waals surface area contributed by atoms with Gasteiger partial charge in [0.05, 0.1) is 17.4 Å². The zero-order valence-corrected chi connectivity index (χ0v) is 14.4. The van der Waals surface area contributed by atoms with E-state index in [1.165, 1.54) is 18.2 Å². The number of carbonyl (C=O) groups is 2. The molecule has 134 valence electrons. The van der Waals surface area contributed by atoms with E-state index in [4.69, 9.17) is 4.74 Å². The maximum atomic E-state index is 12.5. The Bertz CT molecular complexity index is 665. The number of nitrogens with zero attached hydrogens (tertiary/aromatic N) is 2. The van der Waals surface area contributed by atoms with Crippen molar-refractivity contribution in [2.24, 2.45) is 5.92 Å². The standard InChI is InChI=1S/C18H22N2O5/c1-3-25-18(22)13(2)12-19(15-9-10-15)17(21)11-6-14-4-7-16(8-5-14)20(23)24/h4-8,11,13,15H,3,9-10,12H2,1-2H3/b11-6+. The Hall–Kier alpha value is -2.70. The van der Waals surface area contributed by atoms with Crippen LogP contribution < -0.4 is 0 Å². The normalized spacial score (nSPS) is 15.0. The van der Waals surface area contributed by atoms with E-state index in [0.717, 1.165) is 12.8 Å².